The van der Waals surface area contributed by atoms with Crippen LogP contribution in [0.15, 0.2) is 18.2 Å². The topological polar surface area (TPSA) is 55.1 Å². The highest BCUT2D eigenvalue weighted by atomic mass is 16.2. The third kappa shape index (κ3) is 4.19. The van der Waals surface area contributed by atoms with E-state index in [1.165, 1.54) is 11.1 Å². The molecule has 3 heteroatoms. The van der Waals surface area contributed by atoms with Crippen molar-refractivity contribution in [1.82, 2.24) is 0 Å². The maximum Gasteiger partial charge on any atom is 0.241 e. The number of hydrogen-bond donors (Lipinski definition) is 2. The number of nitrogens with one attached hydrogen (secondary N) is 1. The van der Waals surface area contributed by atoms with E-state index < -0.39 is 6.04 Å². The summed E-state index contributed by atoms with van der Waals surface area (Å²) < 4.78 is 0. The van der Waals surface area contributed by atoms with E-state index in [2.05, 4.69) is 12.2 Å². The number of carbonyl (C=O) groups excluding carboxylic acids is 1. The molecule has 0 heterocycles. The first-order chi connectivity index (χ1) is 8.04. The number of amides is 1. The Balaban J connectivity index is 2.58. The van der Waals surface area contributed by atoms with E-state index in [0.717, 1.165) is 24.9 Å². The lowest BCUT2D eigenvalue weighted by molar-refractivity contribution is -0.117. The normalized spacial score (nSPS) is 12.2. The van der Waals surface area contributed by atoms with Gasteiger partial charge < -0.3 is 11.1 Å². The van der Waals surface area contributed by atoms with Gasteiger partial charge in [0, 0.05) is 5.69 Å². The summed E-state index contributed by atoms with van der Waals surface area (Å²) in [4.78, 5) is 11.8. The minimum atomic E-state index is -0.406. The summed E-state index contributed by atoms with van der Waals surface area (Å²) in [6.07, 6.45) is 2.79. The van der Waals surface area contributed by atoms with Crippen LogP contribution in [0.25, 0.3) is 0 Å². The summed E-state index contributed by atoms with van der Waals surface area (Å²) in [6, 6.07) is 5.48. The molecule has 0 spiro atoms. The molecule has 0 bridgehead atoms. The van der Waals surface area contributed by atoms with Crippen LogP contribution in [0.5, 0.6) is 0 Å². The number of hydrogen-bond acceptors (Lipinski definition) is 2. The van der Waals surface area contributed by atoms with Crippen LogP contribution < -0.4 is 11.1 Å². The van der Waals surface area contributed by atoms with Crippen LogP contribution in [0.4, 0.5) is 5.69 Å². The van der Waals surface area contributed by atoms with Gasteiger partial charge in [-0.05, 0) is 43.5 Å². The van der Waals surface area contributed by atoms with Crippen LogP contribution in [-0.4, -0.2) is 11.9 Å². The molecule has 0 saturated heterocycles. The summed E-state index contributed by atoms with van der Waals surface area (Å²) in [7, 11) is 0. The van der Waals surface area contributed by atoms with Crippen molar-refractivity contribution in [2.75, 3.05) is 5.32 Å². The van der Waals surface area contributed by atoms with Crippen LogP contribution in [0.1, 0.15) is 37.3 Å². The maximum atomic E-state index is 11.8. The molecule has 0 aliphatic heterocycles. The predicted molar refractivity (Wildman–Crippen MR) is 72.0 cm³/mol. The molecular weight excluding hydrogens is 212 g/mol. The van der Waals surface area contributed by atoms with Gasteiger partial charge in [0.15, 0.2) is 0 Å². The Morgan fingerprint density at radius 3 is 2.65 bits per heavy atom. The van der Waals surface area contributed by atoms with Gasteiger partial charge in [-0.25, -0.2) is 0 Å². The summed E-state index contributed by atoms with van der Waals surface area (Å²) in [5, 5.41) is 2.85. The van der Waals surface area contributed by atoms with E-state index >= 15 is 0 Å². The molecule has 94 valence electrons. The van der Waals surface area contributed by atoms with Crippen molar-refractivity contribution in [3.8, 4) is 0 Å². The molecule has 0 unspecified atom stereocenters. The highest BCUT2D eigenvalue weighted by Crippen LogP contribution is 2.14. The lowest BCUT2D eigenvalue weighted by Crippen LogP contribution is -2.35. The average molecular weight is 234 g/mol. The van der Waals surface area contributed by atoms with Crippen molar-refractivity contribution >= 4 is 11.6 Å². The van der Waals surface area contributed by atoms with E-state index in [1.54, 1.807) is 0 Å². The van der Waals surface area contributed by atoms with Crippen LogP contribution in [0.2, 0.25) is 0 Å². The molecule has 0 radical (unpaired) electrons. The maximum absolute atomic E-state index is 11.8. The molecule has 3 N–H and O–H groups in total. The number of aryl methyl sites for hydroxylation is 2. The van der Waals surface area contributed by atoms with Crippen molar-refractivity contribution in [1.29, 1.82) is 0 Å². The predicted octanol–water partition coefficient (Wildman–Crippen LogP) is 2.76. The molecule has 0 saturated carbocycles. The highest BCUT2D eigenvalue weighted by Gasteiger charge is 2.12. The van der Waals surface area contributed by atoms with E-state index in [9.17, 15) is 4.79 Å². The second kappa shape index (κ2) is 6.40. The molecule has 1 atom stereocenters. The number of rotatable bonds is 5. The molecule has 1 aromatic rings. The Morgan fingerprint density at radius 1 is 1.35 bits per heavy atom. The van der Waals surface area contributed by atoms with Crippen molar-refractivity contribution in [2.24, 2.45) is 5.73 Å². The monoisotopic (exact) mass is 234 g/mol. The minimum absolute atomic E-state index is 0.0956. The number of carbonyl (C=O) groups is 1. The van der Waals surface area contributed by atoms with Crippen LogP contribution in [0.3, 0.4) is 0 Å². The molecule has 17 heavy (non-hydrogen) atoms. The largest absolute Gasteiger partial charge is 0.325 e. The quantitative estimate of drug-likeness (QED) is 0.823. The van der Waals surface area contributed by atoms with Gasteiger partial charge in [-0.3, -0.25) is 4.79 Å². The molecule has 3 nitrogen and oxygen atoms in total. The van der Waals surface area contributed by atoms with Crippen molar-refractivity contribution < 1.29 is 4.79 Å². The first-order valence-corrected chi connectivity index (χ1v) is 6.18. The number of anilines is 1. The highest BCUT2D eigenvalue weighted by molar-refractivity contribution is 5.94. The fourth-order valence-corrected chi connectivity index (χ4v) is 1.61. The van der Waals surface area contributed by atoms with Gasteiger partial charge in [0.25, 0.3) is 0 Å². The van der Waals surface area contributed by atoms with Gasteiger partial charge in [-0.2, -0.15) is 0 Å². The number of benzene rings is 1. The summed E-state index contributed by atoms with van der Waals surface area (Å²) in [5.41, 5.74) is 9.02. The minimum Gasteiger partial charge on any atom is -0.325 e. The van der Waals surface area contributed by atoms with Gasteiger partial charge >= 0.3 is 0 Å². The molecule has 0 fully saturated rings. The standard InChI is InChI=1S/C14H22N2O/c1-4-5-6-13(15)14(17)16-12-8-7-10(2)11(3)9-12/h7-9,13H,4-6,15H2,1-3H3,(H,16,17)/t13-/m0/s1. The second-order valence-corrected chi connectivity index (χ2v) is 4.54. The number of nitrogens with two attached hydrogens (primary N) is 1. The molecule has 1 aromatic carbocycles. The third-order valence-corrected chi connectivity index (χ3v) is 2.98. The first-order valence-electron chi connectivity index (χ1n) is 6.18. The SMILES string of the molecule is CCCC[C@H](N)C(=O)Nc1ccc(C)c(C)c1. The Kier molecular flexibility index (Phi) is 5.16. The zero-order valence-electron chi connectivity index (χ0n) is 10.9. The summed E-state index contributed by atoms with van der Waals surface area (Å²) >= 11 is 0. The lowest BCUT2D eigenvalue weighted by Gasteiger charge is -2.12. The third-order valence-electron chi connectivity index (χ3n) is 2.98. The van der Waals surface area contributed by atoms with Crippen molar-refractivity contribution in [3.63, 3.8) is 0 Å². The van der Waals surface area contributed by atoms with E-state index in [0.29, 0.717) is 0 Å². The van der Waals surface area contributed by atoms with Gasteiger partial charge in [0.1, 0.15) is 0 Å². The summed E-state index contributed by atoms with van der Waals surface area (Å²) in [5.74, 6) is -0.0956. The fraction of sp³-hybridized carbons (Fsp3) is 0.500. The first kappa shape index (κ1) is 13.7. The zero-order valence-corrected chi connectivity index (χ0v) is 10.9. The average Bonchev–Trinajstić information content (AvgIpc) is 2.30. The smallest absolute Gasteiger partial charge is 0.241 e. The molecule has 0 aromatic heterocycles. The van der Waals surface area contributed by atoms with Gasteiger partial charge in [-0.1, -0.05) is 25.8 Å². The Labute approximate surface area is 103 Å². The van der Waals surface area contributed by atoms with E-state index in [-0.39, 0.29) is 5.91 Å². The van der Waals surface area contributed by atoms with Gasteiger partial charge in [-0.15, -0.1) is 0 Å². The molecular formula is C14H22N2O. The van der Waals surface area contributed by atoms with E-state index in [4.69, 9.17) is 5.73 Å². The van der Waals surface area contributed by atoms with Crippen LogP contribution in [-0.2, 0) is 4.79 Å². The fourth-order valence-electron chi connectivity index (χ4n) is 1.61. The Hall–Kier alpha value is -1.35. The molecule has 1 amide bonds. The molecule has 0 aliphatic rings. The zero-order chi connectivity index (χ0) is 12.8. The van der Waals surface area contributed by atoms with Crippen LogP contribution >= 0.6 is 0 Å². The Bertz CT molecular complexity index is 388. The van der Waals surface area contributed by atoms with Crippen LogP contribution in [0, 0.1) is 13.8 Å². The van der Waals surface area contributed by atoms with Gasteiger partial charge in [0.2, 0.25) is 5.91 Å². The van der Waals surface area contributed by atoms with Crippen molar-refractivity contribution in [2.45, 2.75) is 46.1 Å². The summed E-state index contributed by atoms with van der Waals surface area (Å²) in [6.45, 7) is 6.17. The van der Waals surface area contributed by atoms with E-state index in [1.807, 2.05) is 32.0 Å². The molecule has 0 aliphatic carbocycles. The Morgan fingerprint density at radius 2 is 2.06 bits per heavy atom. The number of unbranched alkanes of at least 4 members (excludes halogenated alkanes) is 1. The lowest BCUT2D eigenvalue weighted by atomic mass is 10.1. The van der Waals surface area contributed by atoms with Crippen molar-refractivity contribution in [3.05, 3.63) is 29.3 Å². The molecule has 1 rings (SSSR count). The van der Waals surface area contributed by atoms with Gasteiger partial charge in [0.05, 0.1) is 6.04 Å². The second-order valence-electron chi connectivity index (χ2n) is 4.54.